The third-order valence-corrected chi connectivity index (χ3v) is 6.13. The molecular formula is C24H22N4O2S. The first-order valence-electron chi connectivity index (χ1n) is 10.1. The maximum Gasteiger partial charge on any atom is 0.262 e. The minimum atomic E-state index is -0.0938. The second-order valence-electron chi connectivity index (χ2n) is 7.55. The van der Waals surface area contributed by atoms with Gasteiger partial charge in [-0.3, -0.25) is 14.2 Å². The summed E-state index contributed by atoms with van der Waals surface area (Å²) in [5.41, 5.74) is 2.10. The zero-order valence-corrected chi connectivity index (χ0v) is 18.2. The van der Waals surface area contributed by atoms with E-state index in [9.17, 15) is 9.59 Å². The van der Waals surface area contributed by atoms with E-state index < -0.39 is 0 Å². The van der Waals surface area contributed by atoms with Gasteiger partial charge in [0, 0.05) is 35.2 Å². The summed E-state index contributed by atoms with van der Waals surface area (Å²) in [5.74, 6) is 0.138. The highest BCUT2D eigenvalue weighted by molar-refractivity contribution is 7.99. The number of nitriles is 1. The van der Waals surface area contributed by atoms with Crippen molar-refractivity contribution in [3.63, 3.8) is 0 Å². The molecule has 0 saturated carbocycles. The summed E-state index contributed by atoms with van der Waals surface area (Å²) in [7, 11) is 0. The van der Waals surface area contributed by atoms with Crippen LogP contribution in [-0.4, -0.2) is 25.7 Å². The fourth-order valence-corrected chi connectivity index (χ4v) is 4.73. The first-order valence-corrected chi connectivity index (χ1v) is 11.1. The third kappa shape index (κ3) is 3.99. The van der Waals surface area contributed by atoms with Crippen LogP contribution < -0.4 is 5.56 Å². The lowest BCUT2D eigenvalue weighted by Gasteiger charge is -2.15. The average molecular weight is 431 g/mol. The van der Waals surface area contributed by atoms with E-state index in [4.69, 9.17) is 5.26 Å². The molecule has 0 bridgehead atoms. The standard InChI is InChI=1S/C24H22N4O2S/c1-16(2)28-23(30)18-9-3-5-10-20(18)26-24(28)31-15-22(29)19-14-27(13-7-12-25)21-11-6-4-8-17(19)21/h3-6,8-11,14,16H,7,13,15H2,1-2H3. The maximum absolute atomic E-state index is 13.1. The van der Waals surface area contributed by atoms with Gasteiger partial charge in [0.2, 0.25) is 0 Å². The van der Waals surface area contributed by atoms with Gasteiger partial charge >= 0.3 is 0 Å². The zero-order chi connectivity index (χ0) is 22.0. The summed E-state index contributed by atoms with van der Waals surface area (Å²) >= 11 is 1.28. The Kier molecular flexibility index (Phi) is 5.92. The number of para-hydroxylation sites is 2. The molecule has 0 saturated heterocycles. The van der Waals surface area contributed by atoms with Gasteiger partial charge in [0.05, 0.1) is 29.1 Å². The van der Waals surface area contributed by atoms with Gasteiger partial charge in [0.1, 0.15) is 0 Å². The molecule has 2 aromatic heterocycles. The summed E-state index contributed by atoms with van der Waals surface area (Å²) in [6.07, 6.45) is 2.21. The highest BCUT2D eigenvalue weighted by Crippen LogP contribution is 2.26. The van der Waals surface area contributed by atoms with Crippen molar-refractivity contribution in [2.24, 2.45) is 0 Å². The van der Waals surface area contributed by atoms with Crippen LogP contribution in [0.5, 0.6) is 0 Å². The number of ketones is 1. The second kappa shape index (κ2) is 8.78. The molecule has 31 heavy (non-hydrogen) atoms. The fourth-order valence-electron chi connectivity index (χ4n) is 3.72. The molecule has 0 unspecified atom stereocenters. The van der Waals surface area contributed by atoms with Crippen molar-refractivity contribution < 1.29 is 4.79 Å². The lowest BCUT2D eigenvalue weighted by Crippen LogP contribution is -2.25. The molecule has 0 radical (unpaired) electrons. The van der Waals surface area contributed by atoms with Crippen molar-refractivity contribution in [1.29, 1.82) is 5.26 Å². The lowest BCUT2D eigenvalue weighted by atomic mass is 10.1. The molecule has 4 rings (SSSR count). The Morgan fingerprint density at radius 1 is 1.13 bits per heavy atom. The van der Waals surface area contributed by atoms with E-state index in [2.05, 4.69) is 11.1 Å². The normalized spacial score (nSPS) is 11.3. The summed E-state index contributed by atoms with van der Waals surface area (Å²) < 4.78 is 3.60. The van der Waals surface area contributed by atoms with E-state index in [0.717, 1.165) is 10.9 Å². The van der Waals surface area contributed by atoms with Gasteiger partial charge < -0.3 is 4.57 Å². The van der Waals surface area contributed by atoms with E-state index >= 15 is 0 Å². The summed E-state index contributed by atoms with van der Waals surface area (Å²) in [4.78, 5) is 30.8. The number of aryl methyl sites for hydroxylation is 1. The predicted octanol–water partition coefficient (Wildman–Crippen LogP) is 4.82. The SMILES string of the molecule is CC(C)n1c(SCC(=O)c2cn(CCC#N)c3ccccc23)nc2ccccc2c1=O. The highest BCUT2D eigenvalue weighted by Gasteiger charge is 2.18. The van der Waals surface area contributed by atoms with Gasteiger partial charge in [-0.05, 0) is 32.0 Å². The minimum Gasteiger partial charge on any atom is -0.346 e. The second-order valence-corrected chi connectivity index (χ2v) is 8.50. The number of rotatable bonds is 7. The number of nitrogens with zero attached hydrogens (tertiary/aromatic N) is 4. The van der Waals surface area contributed by atoms with Crippen LogP contribution in [0.4, 0.5) is 0 Å². The Balaban J connectivity index is 1.67. The third-order valence-electron chi connectivity index (χ3n) is 5.18. The predicted molar refractivity (Wildman–Crippen MR) is 124 cm³/mol. The van der Waals surface area contributed by atoms with Crippen LogP contribution in [0.15, 0.2) is 64.7 Å². The molecule has 0 aliphatic heterocycles. The number of thioether (sulfide) groups is 1. The topological polar surface area (TPSA) is 80.7 Å². The van der Waals surface area contributed by atoms with Gasteiger partial charge in [-0.1, -0.05) is 42.1 Å². The first-order chi connectivity index (χ1) is 15.0. The van der Waals surface area contributed by atoms with Gasteiger partial charge in [-0.2, -0.15) is 5.26 Å². The average Bonchev–Trinajstić information content (AvgIpc) is 3.14. The first kappa shape index (κ1) is 20.9. The molecule has 0 amide bonds. The number of hydrogen-bond donors (Lipinski definition) is 0. The molecular weight excluding hydrogens is 408 g/mol. The summed E-state index contributed by atoms with van der Waals surface area (Å²) in [5, 5.41) is 10.9. The summed E-state index contributed by atoms with van der Waals surface area (Å²) in [6.45, 7) is 4.41. The Morgan fingerprint density at radius 2 is 1.84 bits per heavy atom. The summed E-state index contributed by atoms with van der Waals surface area (Å²) in [6, 6.07) is 17.1. The number of fused-ring (bicyclic) bond motifs is 2. The largest absolute Gasteiger partial charge is 0.346 e. The monoisotopic (exact) mass is 430 g/mol. The van der Waals surface area contributed by atoms with Crippen molar-refractivity contribution in [3.05, 3.63) is 70.6 Å². The molecule has 0 aliphatic rings. The van der Waals surface area contributed by atoms with E-state index in [1.54, 1.807) is 10.6 Å². The molecule has 7 heteroatoms. The zero-order valence-electron chi connectivity index (χ0n) is 17.4. The Bertz CT molecular complexity index is 1380. The Morgan fingerprint density at radius 3 is 2.58 bits per heavy atom. The van der Waals surface area contributed by atoms with Crippen molar-refractivity contribution in [2.45, 2.75) is 38.0 Å². The number of Topliss-reactive ketones (excluding diaryl/α,β-unsaturated/α-hetero) is 1. The van der Waals surface area contributed by atoms with Crippen LogP contribution in [0.2, 0.25) is 0 Å². The van der Waals surface area contributed by atoms with Crippen molar-refractivity contribution in [3.8, 4) is 6.07 Å². The van der Waals surface area contributed by atoms with E-state index in [-0.39, 0.29) is 23.1 Å². The number of carbonyl (C=O) groups excluding carboxylic acids is 1. The van der Waals surface area contributed by atoms with Crippen LogP contribution in [0.3, 0.4) is 0 Å². The quantitative estimate of drug-likeness (QED) is 0.238. The van der Waals surface area contributed by atoms with Crippen molar-refractivity contribution in [2.75, 3.05) is 5.75 Å². The maximum atomic E-state index is 13.1. The lowest BCUT2D eigenvalue weighted by molar-refractivity contribution is 0.102. The number of benzene rings is 2. The molecule has 0 aliphatic carbocycles. The van der Waals surface area contributed by atoms with Gasteiger partial charge in [-0.15, -0.1) is 0 Å². The van der Waals surface area contributed by atoms with Crippen LogP contribution in [0.25, 0.3) is 21.8 Å². The van der Waals surface area contributed by atoms with E-state index in [1.165, 1.54) is 11.8 Å². The van der Waals surface area contributed by atoms with Crippen molar-refractivity contribution in [1.82, 2.24) is 14.1 Å². The van der Waals surface area contributed by atoms with Crippen molar-refractivity contribution >= 4 is 39.4 Å². The molecule has 0 fully saturated rings. The smallest absolute Gasteiger partial charge is 0.262 e. The molecule has 6 nitrogen and oxygen atoms in total. The fraction of sp³-hybridized carbons (Fsp3) is 0.250. The van der Waals surface area contributed by atoms with Crippen LogP contribution >= 0.6 is 11.8 Å². The number of carbonyl (C=O) groups is 1. The van der Waals surface area contributed by atoms with Crippen LogP contribution in [0, 0.1) is 11.3 Å². The molecule has 0 spiro atoms. The molecule has 156 valence electrons. The minimum absolute atomic E-state index is 0.0328. The molecule has 4 aromatic rings. The van der Waals surface area contributed by atoms with E-state index in [1.807, 2.05) is 67.1 Å². The Hall–Kier alpha value is -3.37. The van der Waals surface area contributed by atoms with Crippen LogP contribution in [-0.2, 0) is 6.54 Å². The van der Waals surface area contributed by atoms with Gasteiger partial charge in [-0.25, -0.2) is 4.98 Å². The number of hydrogen-bond acceptors (Lipinski definition) is 5. The van der Waals surface area contributed by atoms with E-state index in [0.29, 0.717) is 34.6 Å². The van der Waals surface area contributed by atoms with Gasteiger partial charge in [0.15, 0.2) is 10.9 Å². The molecule has 2 heterocycles. The molecule has 0 N–H and O–H groups in total. The number of aromatic nitrogens is 3. The highest BCUT2D eigenvalue weighted by atomic mass is 32.2. The molecule has 2 aromatic carbocycles. The van der Waals surface area contributed by atoms with Crippen LogP contribution in [0.1, 0.15) is 36.7 Å². The Labute approximate surface area is 184 Å². The molecule has 0 atom stereocenters. The van der Waals surface area contributed by atoms with Gasteiger partial charge in [0.25, 0.3) is 5.56 Å².